The first kappa shape index (κ1) is 23.0. The number of hydrogen-bond donors (Lipinski definition) is 1. The van der Waals surface area contributed by atoms with Crippen LogP contribution in [0.15, 0.2) is 29.2 Å². The Bertz CT molecular complexity index is 768. The Kier molecular flexibility index (Phi) is 8.28. The normalized spacial score (nSPS) is 15.9. The van der Waals surface area contributed by atoms with E-state index in [1.807, 2.05) is 24.3 Å². The topological polar surface area (TPSA) is 84.9 Å². The second-order valence-electron chi connectivity index (χ2n) is 7.47. The molecule has 3 amide bonds. The molecule has 0 unspecified atom stereocenters. The van der Waals surface area contributed by atoms with E-state index in [2.05, 4.69) is 12.2 Å². The number of alkyl carbamates (subject to hydrolysis) is 1. The van der Waals surface area contributed by atoms with Crippen molar-refractivity contribution in [1.82, 2.24) is 10.2 Å². The van der Waals surface area contributed by atoms with Crippen LogP contribution in [0.2, 0.25) is 0 Å². The van der Waals surface area contributed by atoms with E-state index in [1.165, 1.54) is 10.5 Å². The lowest BCUT2D eigenvalue weighted by molar-refractivity contribution is -0.123. The number of rotatable bonds is 8. The van der Waals surface area contributed by atoms with Crippen LogP contribution in [0.25, 0.3) is 6.08 Å². The molecule has 1 aromatic rings. The fourth-order valence-corrected chi connectivity index (χ4v) is 3.36. The van der Waals surface area contributed by atoms with Crippen LogP contribution in [0.4, 0.5) is 9.59 Å². The van der Waals surface area contributed by atoms with E-state index in [1.54, 1.807) is 26.8 Å². The highest BCUT2D eigenvalue weighted by atomic mass is 32.2. The maximum atomic E-state index is 12.5. The molecule has 0 aliphatic carbocycles. The molecule has 1 aliphatic heterocycles. The van der Waals surface area contributed by atoms with Crippen LogP contribution in [-0.2, 0) is 20.7 Å². The van der Waals surface area contributed by atoms with Crippen LogP contribution in [0, 0.1) is 0 Å². The minimum atomic E-state index is -0.553. The summed E-state index contributed by atoms with van der Waals surface area (Å²) in [6.45, 7) is 8.35. The van der Waals surface area contributed by atoms with Crippen molar-refractivity contribution in [3.63, 3.8) is 0 Å². The first-order valence-electron chi connectivity index (χ1n) is 9.58. The van der Waals surface area contributed by atoms with Crippen molar-refractivity contribution < 1.29 is 23.9 Å². The molecule has 1 saturated heterocycles. The summed E-state index contributed by atoms with van der Waals surface area (Å²) in [5, 5.41) is 2.28. The molecular formula is C21H28N2O5S. The van der Waals surface area contributed by atoms with Crippen molar-refractivity contribution >= 4 is 35.1 Å². The molecule has 0 aromatic heterocycles. The molecule has 29 heavy (non-hydrogen) atoms. The SMILES string of the molecule is CCc1ccc(C=C2SC(=O)N(CCOCCNC(=O)OC(C)(C)C)C2=O)cc1. The molecular weight excluding hydrogens is 392 g/mol. The number of amides is 3. The van der Waals surface area contributed by atoms with Gasteiger partial charge in [0.05, 0.1) is 24.7 Å². The second-order valence-corrected chi connectivity index (χ2v) is 8.46. The lowest BCUT2D eigenvalue weighted by Gasteiger charge is -2.19. The number of benzene rings is 1. The van der Waals surface area contributed by atoms with Gasteiger partial charge in [0.15, 0.2) is 0 Å². The summed E-state index contributed by atoms with van der Waals surface area (Å²) in [5.74, 6) is -0.310. The smallest absolute Gasteiger partial charge is 0.407 e. The van der Waals surface area contributed by atoms with E-state index >= 15 is 0 Å². The summed E-state index contributed by atoms with van der Waals surface area (Å²) in [7, 11) is 0. The van der Waals surface area contributed by atoms with Gasteiger partial charge in [0.25, 0.3) is 11.1 Å². The highest BCUT2D eigenvalue weighted by Gasteiger charge is 2.34. The Labute approximate surface area is 175 Å². The van der Waals surface area contributed by atoms with Crippen molar-refractivity contribution in [2.75, 3.05) is 26.3 Å². The predicted molar refractivity (Wildman–Crippen MR) is 114 cm³/mol. The zero-order valence-corrected chi connectivity index (χ0v) is 18.1. The number of ether oxygens (including phenoxy) is 2. The first-order chi connectivity index (χ1) is 13.7. The van der Waals surface area contributed by atoms with Crippen molar-refractivity contribution in [3.8, 4) is 0 Å². The summed E-state index contributed by atoms with van der Waals surface area (Å²) >= 11 is 0.933. The summed E-state index contributed by atoms with van der Waals surface area (Å²) in [6, 6.07) is 7.89. The molecule has 0 bridgehead atoms. The molecule has 1 aliphatic rings. The lowest BCUT2D eigenvalue weighted by Crippen LogP contribution is -2.35. The Morgan fingerprint density at radius 1 is 1.17 bits per heavy atom. The summed E-state index contributed by atoms with van der Waals surface area (Å²) in [6.07, 6.45) is 2.17. The number of aryl methyl sites for hydroxylation is 1. The molecule has 2 rings (SSSR count). The van der Waals surface area contributed by atoms with Crippen molar-refractivity contribution in [3.05, 3.63) is 40.3 Å². The third kappa shape index (κ3) is 7.55. The Balaban J connectivity index is 1.74. The van der Waals surface area contributed by atoms with Crippen LogP contribution in [0.1, 0.15) is 38.8 Å². The van der Waals surface area contributed by atoms with Crippen LogP contribution in [0.3, 0.4) is 0 Å². The fourth-order valence-electron chi connectivity index (χ4n) is 2.49. The van der Waals surface area contributed by atoms with Gasteiger partial charge in [-0.05, 0) is 56.2 Å². The molecule has 0 saturated carbocycles. The zero-order valence-electron chi connectivity index (χ0n) is 17.3. The summed E-state index contributed by atoms with van der Waals surface area (Å²) in [5.41, 5.74) is 1.55. The van der Waals surface area contributed by atoms with Crippen molar-refractivity contribution in [1.29, 1.82) is 0 Å². The maximum Gasteiger partial charge on any atom is 0.407 e. The number of nitrogens with zero attached hydrogens (tertiary/aromatic N) is 1. The monoisotopic (exact) mass is 420 g/mol. The van der Waals surface area contributed by atoms with Gasteiger partial charge in [0, 0.05) is 6.54 Å². The quantitative estimate of drug-likeness (QED) is 0.508. The van der Waals surface area contributed by atoms with Gasteiger partial charge in [-0.15, -0.1) is 0 Å². The average Bonchev–Trinajstić information content (AvgIpc) is 2.90. The van der Waals surface area contributed by atoms with E-state index in [0.29, 0.717) is 4.91 Å². The summed E-state index contributed by atoms with van der Waals surface area (Å²) in [4.78, 5) is 37.7. The second kappa shape index (κ2) is 10.5. The number of nitrogens with one attached hydrogen (secondary N) is 1. The van der Waals surface area contributed by atoms with Gasteiger partial charge in [-0.25, -0.2) is 4.79 Å². The third-order valence-corrected chi connectivity index (χ3v) is 4.84. The van der Waals surface area contributed by atoms with Gasteiger partial charge >= 0.3 is 6.09 Å². The molecule has 1 aromatic carbocycles. The molecule has 0 atom stereocenters. The molecule has 1 N–H and O–H groups in total. The van der Waals surface area contributed by atoms with E-state index in [9.17, 15) is 14.4 Å². The number of hydrogen-bond acceptors (Lipinski definition) is 6. The maximum absolute atomic E-state index is 12.5. The van der Waals surface area contributed by atoms with E-state index < -0.39 is 11.7 Å². The van der Waals surface area contributed by atoms with Crippen LogP contribution >= 0.6 is 11.8 Å². The van der Waals surface area contributed by atoms with Crippen LogP contribution in [0.5, 0.6) is 0 Å². The van der Waals surface area contributed by atoms with E-state index in [4.69, 9.17) is 9.47 Å². The molecule has 7 nitrogen and oxygen atoms in total. The zero-order chi connectivity index (χ0) is 21.4. The van der Waals surface area contributed by atoms with Gasteiger partial charge in [0.2, 0.25) is 0 Å². The third-order valence-electron chi connectivity index (χ3n) is 3.93. The largest absolute Gasteiger partial charge is 0.444 e. The number of carbonyl (C=O) groups is 3. The average molecular weight is 421 g/mol. The number of carbonyl (C=O) groups excluding carboxylic acids is 3. The van der Waals surface area contributed by atoms with Crippen molar-refractivity contribution in [2.45, 2.75) is 39.7 Å². The highest BCUT2D eigenvalue weighted by Crippen LogP contribution is 2.32. The minimum absolute atomic E-state index is 0.170. The van der Waals surface area contributed by atoms with Crippen LogP contribution < -0.4 is 5.32 Å². The Hall–Kier alpha value is -2.32. The highest BCUT2D eigenvalue weighted by molar-refractivity contribution is 8.18. The van der Waals surface area contributed by atoms with Crippen LogP contribution in [-0.4, -0.2) is 54.0 Å². The lowest BCUT2D eigenvalue weighted by atomic mass is 10.1. The molecule has 0 radical (unpaired) electrons. The Morgan fingerprint density at radius 3 is 2.48 bits per heavy atom. The predicted octanol–water partition coefficient (Wildman–Crippen LogP) is 3.83. The number of thioether (sulfide) groups is 1. The first-order valence-corrected chi connectivity index (χ1v) is 10.4. The van der Waals surface area contributed by atoms with Gasteiger partial charge in [-0.3, -0.25) is 14.5 Å². The molecule has 158 valence electrons. The molecule has 1 fully saturated rings. The van der Waals surface area contributed by atoms with Gasteiger partial charge in [-0.2, -0.15) is 0 Å². The number of imide groups is 1. The standard InChI is InChI=1S/C21H28N2O5S/c1-5-15-6-8-16(9-7-15)14-17-18(24)23(20(26)29-17)11-13-27-12-10-22-19(25)28-21(2,3)4/h6-9,14H,5,10-13H2,1-4H3,(H,22,25). The molecule has 1 heterocycles. The van der Waals surface area contributed by atoms with Gasteiger partial charge < -0.3 is 14.8 Å². The Morgan fingerprint density at radius 2 is 1.86 bits per heavy atom. The summed E-state index contributed by atoms with van der Waals surface area (Å²) < 4.78 is 10.5. The van der Waals surface area contributed by atoms with Gasteiger partial charge in [0.1, 0.15) is 5.60 Å². The van der Waals surface area contributed by atoms with E-state index in [-0.39, 0.29) is 37.4 Å². The molecule has 0 spiro atoms. The van der Waals surface area contributed by atoms with Gasteiger partial charge in [-0.1, -0.05) is 31.2 Å². The van der Waals surface area contributed by atoms with E-state index in [0.717, 1.165) is 23.7 Å². The fraction of sp³-hybridized carbons (Fsp3) is 0.476. The molecule has 8 heteroatoms. The van der Waals surface area contributed by atoms with Crippen molar-refractivity contribution in [2.24, 2.45) is 0 Å². The minimum Gasteiger partial charge on any atom is -0.444 e.